The number of hydrogen-bond donors (Lipinski definition) is 0. The minimum Gasteiger partial charge on any atom is -0.126 e. The van der Waals surface area contributed by atoms with Crippen LogP contribution in [0.2, 0.25) is 0 Å². The van der Waals surface area contributed by atoms with E-state index in [2.05, 4.69) is 133 Å². The lowest BCUT2D eigenvalue weighted by Crippen LogP contribution is -2.23. The predicted molar refractivity (Wildman–Crippen MR) is 173 cm³/mol. The lowest BCUT2D eigenvalue weighted by Gasteiger charge is -2.33. The molecular formula is C34H28S4. The summed E-state index contributed by atoms with van der Waals surface area (Å²) >= 11 is 7.84. The van der Waals surface area contributed by atoms with E-state index in [1.165, 1.54) is 11.1 Å². The quantitative estimate of drug-likeness (QED) is 0.223. The Morgan fingerprint density at radius 3 is 1.00 bits per heavy atom. The SMILES string of the molecule is C(#CC1(c2ccccc2)SCCSC(C#Cc2ccccc2)(c2ccccc2)SCCS1)c1ccccc1. The third kappa shape index (κ3) is 6.88. The monoisotopic (exact) mass is 564 g/mol. The fourth-order valence-electron chi connectivity index (χ4n) is 4.11. The van der Waals surface area contributed by atoms with Crippen LogP contribution in [0.15, 0.2) is 121 Å². The molecule has 0 aliphatic carbocycles. The maximum absolute atomic E-state index is 3.71. The normalized spacial score (nSPS) is 21.7. The zero-order chi connectivity index (χ0) is 25.9. The van der Waals surface area contributed by atoms with E-state index in [0.717, 1.165) is 34.1 Å². The van der Waals surface area contributed by atoms with E-state index in [-0.39, 0.29) is 8.16 Å². The molecule has 0 bridgehead atoms. The van der Waals surface area contributed by atoms with Gasteiger partial charge < -0.3 is 0 Å². The van der Waals surface area contributed by atoms with Gasteiger partial charge in [-0.25, -0.2) is 0 Å². The van der Waals surface area contributed by atoms with Crippen molar-refractivity contribution in [1.82, 2.24) is 0 Å². The number of benzene rings is 4. The van der Waals surface area contributed by atoms with Crippen LogP contribution in [-0.2, 0) is 8.16 Å². The minimum absolute atomic E-state index is 0.305. The van der Waals surface area contributed by atoms with Gasteiger partial charge in [0.1, 0.15) is 8.16 Å². The number of thioether (sulfide) groups is 4. The summed E-state index contributed by atoms with van der Waals surface area (Å²) in [5, 5.41) is 0. The van der Waals surface area contributed by atoms with Gasteiger partial charge in [0, 0.05) is 34.1 Å². The molecule has 1 fully saturated rings. The van der Waals surface area contributed by atoms with Gasteiger partial charge in [0.25, 0.3) is 0 Å². The summed E-state index contributed by atoms with van der Waals surface area (Å²) in [7, 11) is 0. The van der Waals surface area contributed by atoms with Crippen molar-refractivity contribution in [3.63, 3.8) is 0 Å². The first-order chi connectivity index (χ1) is 18.8. The molecule has 0 nitrogen and oxygen atoms in total. The van der Waals surface area contributed by atoms with Crippen LogP contribution in [0.5, 0.6) is 0 Å². The Morgan fingerprint density at radius 2 is 0.684 bits per heavy atom. The lowest BCUT2D eigenvalue weighted by molar-refractivity contribution is 1.15. The van der Waals surface area contributed by atoms with E-state index < -0.39 is 0 Å². The van der Waals surface area contributed by atoms with E-state index in [0.29, 0.717) is 0 Å². The van der Waals surface area contributed by atoms with Crippen molar-refractivity contribution < 1.29 is 0 Å². The van der Waals surface area contributed by atoms with Gasteiger partial charge in [0.05, 0.1) is 0 Å². The molecule has 4 aromatic carbocycles. The topological polar surface area (TPSA) is 0 Å². The molecule has 4 heteroatoms. The van der Waals surface area contributed by atoms with Crippen molar-refractivity contribution >= 4 is 47.0 Å². The lowest BCUT2D eigenvalue weighted by atomic mass is 10.1. The molecule has 1 aliphatic heterocycles. The smallest absolute Gasteiger partial charge is 0.126 e. The average molecular weight is 565 g/mol. The Bertz CT molecular complexity index is 1290. The zero-order valence-electron chi connectivity index (χ0n) is 21.0. The fraction of sp³-hybridized carbons (Fsp3) is 0.176. The largest absolute Gasteiger partial charge is 0.148 e. The molecule has 0 N–H and O–H groups in total. The molecule has 0 atom stereocenters. The molecule has 4 aromatic rings. The van der Waals surface area contributed by atoms with Crippen molar-refractivity contribution in [3.05, 3.63) is 144 Å². The number of hydrogen-bond acceptors (Lipinski definition) is 4. The van der Waals surface area contributed by atoms with E-state index in [4.69, 9.17) is 0 Å². The molecule has 0 radical (unpaired) electrons. The van der Waals surface area contributed by atoms with Crippen LogP contribution in [0, 0.1) is 23.7 Å². The minimum atomic E-state index is -0.305. The van der Waals surface area contributed by atoms with Crippen LogP contribution >= 0.6 is 47.0 Å². The van der Waals surface area contributed by atoms with Crippen LogP contribution in [0.4, 0.5) is 0 Å². The first kappa shape index (κ1) is 27.0. The Kier molecular flexibility index (Phi) is 9.56. The summed E-state index contributed by atoms with van der Waals surface area (Å²) in [6, 6.07) is 42.3. The van der Waals surface area contributed by atoms with Gasteiger partial charge in [-0.3, -0.25) is 0 Å². The highest BCUT2D eigenvalue weighted by atomic mass is 32.2. The molecular weight excluding hydrogens is 537 g/mol. The van der Waals surface area contributed by atoms with Gasteiger partial charge in [-0.2, -0.15) is 0 Å². The summed E-state index contributed by atoms with van der Waals surface area (Å²) in [6.07, 6.45) is 0. The van der Waals surface area contributed by atoms with Crippen molar-refractivity contribution in [2.24, 2.45) is 0 Å². The second kappa shape index (κ2) is 13.5. The number of rotatable bonds is 2. The van der Waals surface area contributed by atoms with E-state index in [1.54, 1.807) is 0 Å². The third-order valence-corrected chi connectivity index (χ3v) is 12.5. The van der Waals surface area contributed by atoms with E-state index in [9.17, 15) is 0 Å². The van der Waals surface area contributed by atoms with Crippen molar-refractivity contribution in [3.8, 4) is 23.7 Å². The standard InChI is InChI=1S/C34H28S4/c1-5-13-29(14-6-1)21-23-33(31-17-9-3-10-18-31)35-25-27-37-34(38-28-26-36-33,32-19-11-4-12-20-32)24-22-30-15-7-2-8-16-30/h1-20H,25-28H2. The third-order valence-electron chi connectivity index (χ3n) is 5.99. The highest BCUT2D eigenvalue weighted by molar-refractivity contribution is 8.21. The van der Waals surface area contributed by atoms with Crippen LogP contribution in [0.1, 0.15) is 22.3 Å². The van der Waals surface area contributed by atoms with Crippen LogP contribution in [-0.4, -0.2) is 23.0 Å². The maximum Gasteiger partial charge on any atom is 0.148 e. The highest BCUT2D eigenvalue weighted by Crippen LogP contribution is 2.52. The van der Waals surface area contributed by atoms with Gasteiger partial charge in [0.15, 0.2) is 0 Å². The van der Waals surface area contributed by atoms with Crippen LogP contribution in [0.3, 0.4) is 0 Å². The first-order valence-electron chi connectivity index (χ1n) is 12.6. The summed E-state index contributed by atoms with van der Waals surface area (Å²) < 4.78 is -0.610. The fourth-order valence-corrected chi connectivity index (χ4v) is 9.97. The summed E-state index contributed by atoms with van der Waals surface area (Å²) in [5.41, 5.74) is 4.66. The van der Waals surface area contributed by atoms with Crippen LogP contribution < -0.4 is 0 Å². The van der Waals surface area contributed by atoms with Gasteiger partial charge in [0.2, 0.25) is 0 Å². The van der Waals surface area contributed by atoms with Gasteiger partial charge in [-0.05, 0) is 35.4 Å². The van der Waals surface area contributed by atoms with Gasteiger partial charge in [-0.1, -0.05) is 121 Å². The van der Waals surface area contributed by atoms with Gasteiger partial charge in [-0.15, -0.1) is 47.0 Å². The average Bonchev–Trinajstić information content (AvgIpc) is 3.00. The van der Waals surface area contributed by atoms with Gasteiger partial charge >= 0.3 is 0 Å². The van der Waals surface area contributed by atoms with Crippen molar-refractivity contribution in [1.29, 1.82) is 0 Å². The molecule has 0 spiro atoms. The van der Waals surface area contributed by atoms with E-state index >= 15 is 0 Å². The highest BCUT2D eigenvalue weighted by Gasteiger charge is 2.36. The molecule has 188 valence electrons. The first-order valence-corrected chi connectivity index (χ1v) is 16.6. The summed E-state index contributed by atoms with van der Waals surface area (Å²) in [4.78, 5) is 0. The molecule has 0 aromatic heterocycles. The van der Waals surface area contributed by atoms with Crippen LogP contribution in [0.25, 0.3) is 0 Å². The maximum atomic E-state index is 3.71. The molecule has 0 amide bonds. The van der Waals surface area contributed by atoms with E-state index in [1.807, 2.05) is 59.2 Å². The Balaban J connectivity index is 1.45. The Hall–Kier alpha value is -2.60. The Morgan fingerprint density at radius 1 is 0.395 bits per heavy atom. The summed E-state index contributed by atoms with van der Waals surface area (Å²) in [5.74, 6) is 18.3. The Labute approximate surface area is 244 Å². The molecule has 1 heterocycles. The molecule has 1 saturated heterocycles. The van der Waals surface area contributed by atoms with Crippen molar-refractivity contribution in [2.45, 2.75) is 8.16 Å². The second-order valence-electron chi connectivity index (χ2n) is 8.59. The molecule has 5 rings (SSSR count). The van der Waals surface area contributed by atoms with Crippen molar-refractivity contribution in [2.75, 3.05) is 23.0 Å². The molecule has 0 saturated carbocycles. The summed E-state index contributed by atoms with van der Waals surface area (Å²) in [6.45, 7) is 0. The molecule has 38 heavy (non-hydrogen) atoms. The predicted octanol–water partition coefficient (Wildman–Crippen LogP) is 8.74. The second-order valence-corrected chi connectivity index (χ2v) is 14.3. The zero-order valence-corrected chi connectivity index (χ0v) is 24.3. The molecule has 1 aliphatic rings. The molecule has 0 unspecified atom stereocenters.